The van der Waals surface area contributed by atoms with E-state index < -0.39 is 5.97 Å². The monoisotopic (exact) mass is 337 g/mol. The number of fused-ring (bicyclic) bond motifs is 1. The predicted octanol–water partition coefficient (Wildman–Crippen LogP) is 1.85. The lowest BCUT2D eigenvalue weighted by Crippen LogP contribution is -2.45. The van der Waals surface area contributed by atoms with Gasteiger partial charge in [0.25, 0.3) is 0 Å². The van der Waals surface area contributed by atoms with Crippen LogP contribution in [0.4, 0.5) is 5.82 Å². The number of carbonyl (C=O) groups is 1. The second-order valence-corrected chi connectivity index (χ2v) is 6.26. The summed E-state index contributed by atoms with van der Waals surface area (Å²) in [6.07, 6.45) is 5.43. The van der Waals surface area contributed by atoms with E-state index in [2.05, 4.69) is 26.8 Å². The molecule has 3 heterocycles. The summed E-state index contributed by atoms with van der Waals surface area (Å²) in [5, 5.41) is 9.22. The maximum Gasteiger partial charge on any atom is 0.335 e. The fourth-order valence-electron chi connectivity index (χ4n) is 3.17. The second-order valence-electron chi connectivity index (χ2n) is 6.26. The summed E-state index contributed by atoms with van der Waals surface area (Å²) >= 11 is 0. The van der Waals surface area contributed by atoms with Crippen molar-refractivity contribution in [3.05, 3.63) is 48.4 Å². The number of anilines is 1. The summed E-state index contributed by atoms with van der Waals surface area (Å²) < 4.78 is 1.97. The van der Waals surface area contributed by atoms with Gasteiger partial charge in [-0.15, -0.1) is 0 Å². The molecule has 1 aromatic carbocycles. The van der Waals surface area contributed by atoms with Gasteiger partial charge in [0.15, 0.2) is 11.5 Å². The minimum atomic E-state index is -0.939. The van der Waals surface area contributed by atoms with Gasteiger partial charge in [0.2, 0.25) is 0 Å². The number of rotatable bonds is 3. The molecule has 3 aromatic rings. The molecule has 128 valence electrons. The number of aromatic nitrogens is 3. The lowest BCUT2D eigenvalue weighted by molar-refractivity contribution is 0.0697. The molecule has 7 nitrogen and oxygen atoms in total. The number of piperazine rings is 1. The predicted molar refractivity (Wildman–Crippen MR) is 95.1 cm³/mol. The molecule has 1 N–H and O–H groups in total. The van der Waals surface area contributed by atoms with Gasteiger partial charge in [0, 0.05) is 44.1 Å². The van der Waals surface area contributed by atoms with Crippen LogP contribution >= 0.6 is 0 Å². The standard InChI is InChI=1S/C18H19N5O2/c1-21-7-9-22(10-8-21)16-17-19-5-6-23(17)15(12-20-16)13-3-2-4-14(11-13)18(24)25/h2-6,11-12H,7-10H2,1H3,(H,24,25). The van der Waals surface area contributed by atoms with Crippen LogP contribution in [0.25, 0.3) is 16.9 Å². The Morgan fingerprint density at radius 3 is 2.72 bits per heavy atom. The van der Waals surface area contributed by atoms with Crippen molar-refractivity contribution in [1.82, 2.24) is 19.3 Å². The van der Waals surface area contributed by atoms with E-state index in [1.165, 1.54) is 0 Å². The Bertz CT molecular complexity index is 928. The number of aromatic carboxylic acids is 1. The SMILES string of the molecule is CN1CCN(c2ncc(-c3cccc(C(=O)O)c3)n3ccnc23)CC1. The fourth-order valence-corrected chi connectivity index (χ4v) is 3.17. The summed E-state index contributed by atoms with van der Waals surface area (Å²) in [6.45, 7) is 3.83. The van der Waals surface area contributed by atoms with Crippen LogP contribution in [0.3, 0.4) is 0 Å². The molecule has 0 atom stereocenters. The number of carboxylic acids is 1. The smallest absolute Gasteiger partial charge is 0.335 e. The van der Waals surface area contributed by atoms with E-state index in [1.54, 1.807) is 30.6 Å². The summed E-state index contributed by atoms with van der Waals surface area (Å²) in [7, 11) is 2.12. The zero-order valence-electron chi connectivity index (χ0n) is 14.0. The number of imidazole rings is 1. The van der Waals surface area contributed by atoms with Crippen LogP contribution in [-0.4, -0.2) is 63.6 Å². The third kappa shape index (κ3) is 2.83. The Hall–Kier alpha value is -2.93. The second kappa shape index (κ2) is 6.18. The highest BCUT2D eigenvalue weighted by molar-refractivity contribution is 5.89. The Morgan fingerprint density at radius 2 is 1.96 bits per heavy atom. The first-order chi connectivity index (χ1) is 12.1. The molecule has 0 amide bonds. The van der Waals surface area contributed by atoms with Gasteiger partial charge in [-0.05, 0) is 19.2 Å². The van der Waals surface area contributed by atoms with E-state index >= 15 is 0 Å². The van der Waals surface area contributed by atoms with Crippen LogP contribution in [0.5, 0.6) is 0 Å². The molecule has 1 fully saturated rings. The van der Waals surface area contributed by atoms with E-state index in [0.717, 1.165) is 48.9 Å². The molecule has 25 heavy (non-hydrogen) atoms. The Morgan fingerprint density at radius 1 is 1.16 bits per heavy atom. The third-order valence-corrected chi connectivity index (χ3v) is 4.62. The molecule has 0 bridgehead atoms. The van der Waals surface area contributed by atoms with Crippen LogP contribution in [0.1, 0.15) is 10.4 Å². The average Bonchev–Trinajstić information content (AvgIpc) is 3.11. The lowest BCUT2D eigenvalue weighted by Gasteiger charge is -2.33. The zero-order valence-corrected chi connectivity index (χ0v) is 14.0. The summed E-state index contributed by atoms with van der Waals surface area (Å²) in [4.78, 5) is 24.9. The number of nitrogens with zero attached hydrogens (tertiary/aromatic N) is 5. The van der Waals surface area contributed by atoms with Gasteiger partial charge >= 0.3 is 5.97 Å². The summed E-state index contributed by atoms with van der Waals surface area (Å²) in [6, 6.07) is 6.88. The molecule has 0 unspecified atom stereocenters. The van der Waals surface area contributed by atoms with E-state index in [4.69, 9.17) is 0 Å². The third-order valence-electron chi connectivity index (χ3n) is 4.62. The number of hydrogen-bond donors (Lipinski definition) is 1. The average molecular weight is 337 g/mol. The van der Waals surface area contributed by atoms with Gasteiger partial charge in [-0.2, -0.15) is 0 Å². The Labute approximate surface area is 145 Å². The topological polar surface area (TPSA) is 74.0 Å². The zero-order chi connectivity index (χ0) is 17.4. The van der Waals surface area contributed by atoms with Crippen molar-refractivity contribution in [2.24, 2.45) is 0 Å². The molecule has 2 aromatic heterocycles. The van der Waals surface area contributed by atoms with Crippen LogP contribution in [0.15, 0.2) is 42.9 Å². The van der Waals surface area contributed by atoms with E-state index in [1.807, 2.05) is 16.7 Å². The van der Waals surface area contributed by atoms with Gasteiger partial charge in [0.05, 0.1) is 17.5 Å². The normalized spacial score (nSPS) is 15.6. The molecule has 0 spiro atoms. The van der Waals surface area contributed by atoms with Crippen LogP contribution in [-0.2, 0) is 0 Å². The first-order valence-corrected chi connectivity index (χ1v) is 8.23. The Balaban J connectivity index is 1.78. The lowest BCUT2D eigenvalue weighted by atomic mass is 10.1. The highest BCUT2D eigenvalue weighted by Crippen LogP contribution is 2.26. The van der Waals surface area contributed by atoms with Crippen LogP contribution in [0, 0.1) is 0 Å². The van der Waals surface area contributed by atoms with Crippen molar-refractivity contribution in [3.8, 4) is 11.3 Å². The van der Waals surface area contributed by atoms with Crippen molar-refractivity contribution in [2.45, 2.75) is 0 Å². The molecule has 0 saturated carbocycles. The first-order valence-electron chi connectivity index (χ1n) is 8.23. The van der Waals surface area contributed by atoms with E-state index in [9.17, 15) is 9.90 Å². The molecule has 0 radical (unpaired) electrons. The van der Waals surface area contributed by atoms with Gasteiger partial charge in [0.1, 0.15) is 0 Å². The molecule has 7 heteroatoms. The van der Waals surface area contributed by atoms with Gasteiger partial charge in [-0.3, -0.25) is 4.40 Å². The van der Waals surface area contributed by atoms with E-state index in [0.29, 0.717) is 0 Å². The Kier molecular flexibility index (Phi) is 3.85. The molecule has 4 rings (SSSR count). The largest absolute Gasteiger partial charge is 0.478 e. The summed E-state index contributed by atoms with van der Waals surface area (Å²) in [5.74, 6) is -0.0676. The van der Waals surface area contributed by atoms with Crippen molar-refractivity contribution >= 4 is 17.4 Å². The quantitative estimate of drug-likeness (QED) is 0.786. The fraction of sp³-hybridized carbons (Fsp3) is 0.278. The molecule has 1 saturated heterocycles. The van der Waals surface area contributed by atoms with Crippen molar-refractivity contribution < 1.29 is 9.90 Å². The highest BCUT2D eigenvalue weighted by atomic mass is 16.4. The highest BCUT2D eigenvalue weighted by Gasteiger charge is 2.20. The number of carboxylic acid groups (broad SMARTS) is 1. The molecular formula is C18H19N5O2. The van der Waals surface area contributed by atoms with Gasteiger partial charge in [-0.1, -0.05) is 12.1 Å². The maximum atomic E-state index is 11.2. The van der Waals surface area contributed by atoms with Crippen LogP contribution in [0.2, 0.25) is 0 Å². The van der Waals surface area contributed by atoms with Gasteiger partial charge < -0.3 is 14.9 Å². The molecular weight excluding hydrogens is 318 g/mol. The number of hydrogen-bond acceptors (Lipinski definition) is 5. The first kappa shape index (κ1) is 15.6. The minimum Gasteiger partial charge on any atom is -0.478 e. The number of likely N-dealkylation sites (N-methyl/N-ethyl adjacent to an activating group) is 1. The molecule has 1 aliphatic rings. The molecule has 0 aliphatic carbocycles. The summed E-state index contributed by atoms with van der Waals surface area (Å²) in [5.41, 5.74) is 2.69. The maximum absolute atomic E-state index is 11.2. The van der Waals surface area contributed by atoms with Crippen molar-refractivity contribution in [1.29, 1.82) is 0 Å². The van der Waals surface area contributed by atoms with E-state index in [-0.39, 0.29) is 5.56 Å². The van der Waals surface area contributed by atoms with Gasteiger partial charge in [-0.25, -0.2) is 14.8 Å². The number of benzene rings is 1. The molecule has 1 aliphatic heterocycles. The minimum absolute atomic E-state index is 0.258. The van der Waals surface area contributed by atoms with Crippen molar-refractivity contribution in [3.63, 3.8) is 0 Å². The van der Waals surface area contributed by atoms with Crippen molar-refractivity contribution in [2.75, 3.05) is 38.1 Å². The van der Waals surface area contributed by atoms with Crippen LogP contribution < -0.4 is 4.90 Å².